The Bertz CT molecular complexity index is 913. The van der Waals surface area contributed by atoms with Crippen molar-refractivity contribution in [1.29, 1.82) is 5.41 Å². The SMILES string of the molecule is CC(=N)c1cc(C(=O)Nc2ccc(N3CCC(O)CC3)nc2)sc1NC1CCCCC1. The van der Waals surface area contributed by atoms with Gasteiger partial charge in [-0.15, -0.1) is 11.3 Å². The molecule has 1 aliphatic carbocycles. The van der Waals surface area contributed by atoms with E-state index >= 15 is 0 Å². The lowest BCUT2D eigenvalue weighted by molar-refractivity contribution is 0.103. The zero-order chi connectivity index (χ0) is 21.8. The minimum Gasteiger partial charge on any atom is -0.393 e. The molecule has 0 unspecified atom stereocenters. The molecule has 1 amide bonds. The number of carbonyl (C=O) groups excluding carboxylic acids is 1. The van der Waals surface area contributed by atoms with Crippen LogP contribution in [0.15, 0.2) is 24.4 Å². The van der Waals surface area contributed by atoms with Gasteiger partial charge in [-0.3, -0.25) is 4.79 Å². The van der Waals surface area contributed by atoms with Gasteiger partial charge < -0.3 is 26.0 Å². The molecular weight excluding hydrogens is 410 g/mol. The summed E-state index contributed by atoms with van der Waals surface area (Å²) in [6.07, 6.45) is 9.01. The van der Waals surface area contributed by atoms with Crippen molar-refractivity contribution in [2.45, 2.75) is 64.0 Å². The Morgan fingerprint density at radius 2 is 1.94 bits per heavy atom. The molecule has 2 aromatic heterocycles. The lowest BCUT2D eigenvalue weighted by Gasteiger charge is -2.30. The van der Waals surface area contributed by atoms with E-state index in [0.29, 0.717) is 22.3 Å². The summed E-state index contributed by atoms with van der Waals surface area (Å²) in [7, 11) is 0. The fourth-order valence-corrected chi connectivity index (χ4v) is 5.34. The molecule has 2 aliphatic rings. The number of hydrogen-bond donors (Lipinski definition) is 4. The largest absolute Gasteiger partial charge is 0.393 e. The normalized spacial score (nSPS) is 18.1. The summed E-state index contributed by atoms with van der Waals surface area (Å²) in [5.74, 6) is 0.682. The number of anilines is 3. The maximum atomic E-state index is 12.9. The second kappa shape index (κ2) is 9.78. The molecule has 7 nitrogen and oxygen atoms in total. The third-order valence-corrected chi connectivity index (χ3v) is 7.16. The van der Waals surface area contributed by atoms with Crippen LogP contribution in [0.2, 0.25) is 0 Å². The topological polar surface area (TPSA) is 101 Å². The third-order valence-electron chi connectivity index (χ3n) is 6.09. The second-order valence-electron chi connectivity index (χ2n) is 8.54. The number of hydrogen-bond acceptors (Lipinski definition) is 7. The Kier molecular flexibility index (Phi) is 6.87. The fraction of sp³-hybridized carbons (Fsp3) is 0.522. The Morgan fingerprint density at radius 1 is 1.19 bits per heavy atom. The van der Waals surface area contributed by atoms with Gasteiger partial charge in [0, 0.05) is 30.4 Å². The van der Waals surface area contributed by atoms with Gasteiger partial charge in [-0.2, -0.15) is 0 Å². The van der Waals surface area contributed by atoms with E-state index in [1.807, 2.05) is 18.2 Å². The van der Waals surface area contributed by atoms with Gasteiger partial charge in [0.15, 0.2) is 0 Å². The van der Waals surface area contributed by atoms with Crippen molar-refractivity contribution in [3.05, 3.63) is 34.8 Å². The quantitative estimate of drug-likeness (QED) is 0.495. The minimum atomic E-state index is -0.215. The van der Waals surface area contributed by atoms with E-state index < -0.39 is 0 Å². The lowest BCUT2D eigenvalue weighted by Crippen LogP contribution is -2.36. The van der Waals surface area contributed by atoms with Crippen LogP contribution in [0.5, 0.6) is 0 Å². The number of nitrogens with one attached hydrogen (secondary N) is 3. The first-order chi connectivity index (χ1) is 15.0. The minimum absolute atomic E-state index is 0.181. The number of rotatable bonds is 6. The highest BCUT2D eigenvalue weighted by Gasteiger charge is 2.21. The monoisotopic (exact) mass is 441 g/mol. The smallest absolute Gasteiger partial charge is 0.265 e. The van der Waals surface area contributed by atoms with Gasteiger partial charge in [-0.05, 0) is 50.8 Å². The molecular formula is C23H31N5O2S. The van der Waals surface area contributed by atoms with Crippen molar-refractivity contribution in [3.63, 3.8) is 0 Å². The van der Waals surface area contributed by atoms with Gasteiger partial charge in [0.2, 0.25) is 0 Å². The number of aliphatic hydroxyl groups excluding tert-OH is 1. The van der Waals surface area contributed by atoms with E-state index in [-0.39, 0.29) is 12.0 Å². The Hall–Kier alpha value is -2.45. The van der Waals surface area contributed by atoms with E-state index in [4.69, 9.17) is 5.41 Å². The van der Waals surface area contributed by atoms with Crippen molar-refractivity contribution in [2.75, 3.05) is 28.6 Å². The Labute approximate surface area is 187 Å². The molecule has 0 bridgehead atoms. The third kappa shape index (κ3) is 5.43. The molecule has 4 rings (SSSR count). The zero-order valence-corrected chi connectivity index (χ0v) is 18.8. The number of pyridine rings is 1. The summed E-state index contributed by atoms with van der Waals surface area (Å²) in [5.41, 5.74) is 1.92. The standard InChI is InChI=1S/C23H31N5O2S/c1-15(24)19-13-20(31-23(19)27-16-5-3-2-4-6-16)22(30)26-17-7-8-21(25-14-17)28-11-9-18(29)10-12-28/h7-8,13-14,16,18,24,27,29H,2-6,9-12H2,1H3,(H,26,30). The van der Waals surface area contributed by atoms with Crippen LogP contribution in [-0.4, -0.2) is 46.9 Å². The van der Waals surface area contributed by atoms with E-state index in [1.165, 1.54) is 30.6 Å². The van der Waals surface area contributed by atoms with E-state index in [2.05, 4.69) is 20.5 Å². The van der Waals surface area contributed by atoms with E-state index in [1.54, 1.807) is 13.1 Å². The highest BCUT2D eigenvalue weighted by atomic mass is 32.1. The summed E-state index contributed by atoms with van der Waals surface area (Å²) < 4.78 is 0. The molecule has 0 aromatic carbocycles. The summed E-state index contributed by atoms with van der Waals surface area (Å²) in [6, 6.07) is 6.01. The number of thiophene rings is 1. The molecule has 1 aliphatic heterocycles. The molecule has 2 fully saturated rings. The number of nitrogens with zero attached hydrogens (tertiary/aromatic N) is 2. The molecule has 3 heterocycles. The number of aliphatic hydroxyl groups is 1. The number of amides is 1. The molecule has 0 atom stereocenters. The number of aromatic nitrogens is 1. The maximum absolute atomic E-state index is 12.9. The molecule has 0 radical (unpaired) electrons. The average Bonchev–Trinajstić information content (AvgIpc) is 3.20. The van der Waals surface area contributed by atoms with E-state index in [0.717, 1.165) is 55.2 Å². The predicted molar refractivity (Wildman–Crippen MR) is 127 cm³/mol. The van der Waals surface area contributed by atoms with Crippen molar-refractivity contribution < 1.29 is 9.90 Å². The van der Waals surface area contributed by atoms with Crippen LogP contribution in [0, 0.1) is 5.41 Å². The molecule has 2 aromatic rings. The molecule has 31 heavy (non-hydrogen) atoms. The summed E-state index contributed by atoms with van der Waals surface area (Å²) in [6.45, 7) is 3.34. The first kappa shape index (κ1) is 21.8. The van der Waals surface area contributed by atoms with Crippen molar-refractivity contribution in [2.24, 2.45) is 0 Å². The molecule has 4 N–H and O–H groups in total. The van der Waals surface area contributed by atoms with E-state index in [9.17, 15) is 9.90 Å². The van der Waals surface area contributed by atoms with Gasteiger partial charge in [0.1, 0.15) is 5.82 Å². The molecule has 8 heteroatoms. The number of piperidine rings is 1. The van der Waals surface area contributed by atoms with Gasteiger partial charge in [0.25, 0.3) is 5.91 Å². The first-order valence-corrected chi connectivity index (χ1v) is 12.0. The van der Waals surface area contributed by atoms with Crippen LogP contribution in [0.1, 0.15) is 67.1 Å². The Morgan fingerprint density at radius 3 is 2.58 bits per heavy atom. The summed E-state index contributed by atoms with van der Waals surface area (Å²) in [4.78, 5) is 20.1. The van der Waals surface area contributed by atoms with Crippen LogP contribution in [0.25, 0.3) is 0 Å². The molecule has 166 valence electrons. The highest BCUT2D eigenvalue weighted by molar-refractivity contribution is 7.18. The highest BCUT2D eigenvalue weighted by Crippen LogP contribution is 2.32. The lowest BCUT2D eigenvalue weighted by atomic mass is 9.95. The summed E-state index contributed by atoms with van der Waals surface area (Å²) >= 11 is 1.42. The molecule has 0 spiro atoms. The predicted octanol–water partition coefficient (Wildman–Crippen LogP) is 4.49. The van der Waals surface area contributed by atoms with Crippen LogP contribution >= 0.6 is 11.3 Å². The van der Waals surface area contributed by atoms with Gasteiger partial charge >= 0.3 is 0 Å². The molecule has 1 saturated heterocycles. The van der Waals surface area contributed by atoms with Crippen LogP contribution in [-0.2, 0) is 0 Å². The molecule has 1 saturated carbocycles. The van der Waals surface area contributed by atoms with Gasteiger partial charge in [0.05, 0.1) is 27.9 Å². The van der Waals surface area contributed by atoms with Crippen LogP contribution in [0.4, 0.5) is 16.5 Å². The zero-order valence-electron chi connectivity index (χ0n) is 18.0. The Balaban J connectivity index is 1.42. The summed E-state index contributed by atoms with van der Waals surface area (Å²) in [5, 5.41) is 25.2. The van der Waals surface area contributed by atoms with Gasteiger partial charge in [-0.1, -0.05) is 19.3 Å². The van der Waals surface area contributed by atoms with Gasteiger partial charge in [-0.25, -0.2) is 4.98 Å². The van der Waals surface area contributed by atoms with Crippen molar-refractivity contribution in [3.8, 4) is 0 Å². The van der Waals surface area contributed by atoms with Crippen LogP contribution in [0.3, 0.4) is 0 Å². The van der Waals surface area contributed by atoms with Crippen molar-refractivity contribution in [1.82, 2.24) is 4.98 Å². The van der Waals surface area contributed by atoms with Crippen LogP contribution < -0.4 is 15.5 Å². The average molecular weight is 442 g/mol. The first-order valence-electron chi connectivity index (χ1n) is 11.2. The number of carbonyl (C=O) groups is 1. The fourth-order valence-electron chi connectivity index (χ4n) is 4.26. The van der Waals surface area contributed by atoms with Crippen molar-refractivity contribution >= 4 is 39.5 Å². The maximum Gasteiger partial charge on any atom is 0.265 e. The second-order valence-corrected chi connectivity index (χ2v) is 9.59.